The van der Waals surface area contributed by atoms with E-state index in [0.29, 0.717) is 26.7 Å². The molecule has 0 aliphatic carbocycles. The molecule has 2 aromatic rings. The molecule has 0 aromatic heterocycles. The Kier molecular flexibility index (Phi) is 6.47. The van der Waals surface area contributed by atoms with Crippen LogP contribution in [0, 0.1) is 5.82 Å². The molecule has 2 aromatic carbocycles. The van der Waals surface area contributed by atoms with Crippen molar-refractivity contribution in [1.29, 1.82) is 0 Å². The zero-order valence-electron chi connectivity index (χ0n) is 14.5. The Balaban J connectivity index is 1.92. The minimum absolute atomic E-state index is 0.0398. The highest BCUT2D eigenvalue weighted by Crippen LogP contribution is 2.43. The minimum Gasteiger partial charge on any atom is -0.504 e. The molecule has 1 fully saturated rings. The van der Waals surface area contributed by atoms with Crippen LogP contribution in [0.15, 0.2) is 44.2 Å². The quantitative estimate of drug-likeness (QED) is 0.503. The third-order valence-electron chi connectivity index (χ3n) is 3.90. The van der Waals surface area contributed by atoms with E-state index in [2.05, 4.69) is 31.9 Å². The summed E-state index contributed by atoms with van der Waals surface area (Å²) in [5.41, 5.74) is 0.958. The van der Waals surface area contributed by atoms with Crippen molar-refractivity contribution in [2.45, 2.75) is 13.5 Å². The van der Waals surface area contributed by atoms with Gasteiger partial charge in [0.2, 0.25) is 0 Å². The van der Waals surface area contributed by atoms with Crippen molar-refractivity contribution in [2.75, 3.05) is 6.61 Å². The van der Waals surface area contributed by atoms with E-state index in [0.717, 1.165) is 16.7 Å². The number of phenolic OH excluding ortho intramolecular Hbond substituents is 1. The zero-order valence-corrected chi connectivity index (χ0v) is 18.5. The van der Waals surface area contributed by atoms with Crippen molar-refractivity contribution in [3.8, 4) is 11.5 Å². The Morgan fingerprint density at radius 1 is 1.25 bits per heavy atom. The Morgan fingerprint density at radius 3 is 2.57 bits per heavy atom. The third-order valence-corrected chi connectivity index (χ3v) is 6.81. The average molecular weight is 531 g/mol. The molecule has 0 saturated carbocycles. The SMILES string of the molecule is CCOc1cc(Br)c(Br)c(/C=C2\SC(=O)N(Cc3ccc(F)cc3)C2=O)c1O. The number of rotatable bonds is 5. The van der Waals surface area contributed by atoms with E-state index in [1.165, 1.54) is 30.3 Å². The summed E-state index contributed by atoms with van der Waals surface area (Å²) in [5.74, 6) is -0.752. The summed E-state index contributed by atoms with van der Waals surface area (Å²) in [6, 6.07) is 7.20. The second-order valence-electron chi connectivity index (χ2n) is 5.76. The van der Waals surface area contributed by atoms with E-state index in [1.807, 2.05) is 0 Å². The van der Waals surface area contributed by atoms with Gasteiger partial charge in [0.25, 0.3) is 11.1 Å². The molecule has 2 amide bonds. The highest BCUT2D eigenvalue weighted by molar-refractivity contribution is 9.13. The first kappa shape index (κ1) is 20.9. The molecule has 1 N–H and O–H groups in total. The fourth-order valence-corrected chi connectivity index (χ4v) is 4.21. The number of aromatic hydroxyl groups is 1. The normalized spacial score (nSPS) is 15.6. The van der Waals surface area contributed by atoms with Crippen molar-refractivity contribution in [2.24, 2.45) is 0 Å². The maximum absolute atomic E-state index is 13.1. The highest BCUT2D eigenvalue weighted by atomic mass is 79.9. The summed E-state index contributed by atoms with van der Waals surface area (Å²) in [6.45, 7) is 2.18. The van der Waals surface area contributed by atoms with Gasteiger partial charge in [0, 0.05) is 14.5 Å². The van der Waals surface area contributed by atoms with Crippen LogP contribution in [0.2, 0.25) is 0 Å². The number of thioether (sulfide) groups is 1. The molecule has 146 valence electrons. The fourth-order valence-electron chi connectivity index (χ4n) is 2.55. The van der Waals surface area contributed by atoms with Crippen molar-refractivity contribution in [3.05, 3.63) is 61.1 Å². The molecule has 9 heteroatoms. The monoisotopic (exact) mass is 529 g/mol. The molecule has 1 saturated heterocycles. The van der Waals surface area contributed by atoms with Gasteiger partial charge < -0.3 is 9.84 Å². The van der Waals surface area contributed by atoms with Gasteiger partial charge in [-0.25, -0.2) is 4.39 Å². The summed E-state index contributed by atoms with van der Waals surface area (Å²) in [7, 11) is 0. The molecule has 0 unspecified atom stereocenters. The lowest BCUT2D eigenvalue weighted by molar-refractivity contribution is -0.123. The molecular weight excluding hydrogens is 517 g/mol. The number of carbonyl (C=O) groups is 2. The van der Waals surface area contributed by atoms with Gasteiger partial charge in [-0.3, -0.25) is 14.5 Å². The number of hydrogen-bond donors (Lipinski definition) is 1. The van der Waals surface area contributed by atoms with Crippen molar-refractivity contribution in [1.82, 2.24) is 4.90 Å². The Morgan fingerprint density at radius 2 is 1.93 bits per heavy atom. The number of carbonyl (C=O) groups excluding carboxylic acids is 2. The summed E-state index contributed by atoms with van der Waals surface area (Å²) < 4.78 is 19.6. The molecule has 3 rings (SSSR count). The van der Waals surface area contributed by atoms with E-state index in [9.17, 15) is 19.1 Å². The Labute approximate surface area is 181 Å². The minimum atomic E-state index is -0.483. The lowest BCUT2D eigenvalue weighted by Gasteiger charge is -2.13. The van der Waals surface area contributed by atoms with Crippen LogP contribution in [-0.2, 0) is 11.3 Å². The van der Waals surface area contributed by atoms with E-state index < -0.39 is 17.0 Å². The molecule has 5 nitrogen and oxygen atoms in total. The van der Waals surface area contributed by atoms with Crippen LogP contribution < -0.4 is 4.74 Å². The topological polar surface area (TPSA) is 66.8 Å². The predicted octanol–water partition coefficient (Wildman–Crippen LogP) is 5.69. The number of imide groups is 1. The van der Waals surface area contributed by atoms with Gasteiger partial charge in [-0.1, -0.05) is 12.1 Å². The molecule has 28 heavy (non-hydrogen) atoms. The number of ether oxygens (including phenoxy) is 1. The van der Waals surface area contributed by atoms with E-state index >= 15 is 0 Å². The number of hydrogen-bond acceptors (Lipinski definition) is 5. The van der Waals surface area contributed by atoms with Gasteiger partial charge in [-0.15, -0.1) is 0 Å². The number of halogens is 3. The summed E-state index contributed by atoms with van der Waals surface area (Å²) in [6.07, 6.45) is 1.45. The second kappa shape index (κ2) is 8.67. The summed E-state index contributed by atoms with van der Waals surface area (Å²) in [4.78, 5) is 26.3. The molecule has 0 spiro atoms. The summed E-state index contributed by atoms with van der Waals surface area (Å²) in [5, 5.41) is 10.1. The van der Waals surface area contributed by atoms with Crippen LogP contribution in [-0.4, -0.2) is 27.8 Å². The number of benzene rings is 2. The third kappa shape index (κ3) is 4.26. The first-order valence-electron chi connectivity index (χ1n) is 8.15. The molecule has 1 aliphatic heterocycles. The van der Waals surface area contributed by atoms with Gasteiger partial charge in [-0.05, 0) is 80.4 Å². The largest absolute Gasteiger partial charge is 0.504 e. The molecule has 0 radical (unpaired) electrons. The Bertz CT molecular complexity index is 979. The smallest absolute Gasteiger partial charge is 0.293 e. The Hall–Kier alpha value is -1.84. The number of phenols is 1. The standard InChI is InChI=1S/C19H14Br2FNO4S/c1-2-27-14-8-13(20)16(21)12(17(14)24)7-15-18(25)23(19(26)28-15)9-10-3-5-11(22)6-4-10/h3-8,24H,2,9H2,1H3/b15-7-. The van der Waals surface area contributed by atoms with E-state index in [1.54, 1.807) is 13.0 Å². The van der Waals surface area contributed by atoms with Gasteiger partial charge >= 0.3 is 0 Å². The van der Waals surface area contributed by atoms with Gasteiger partial charge in [0.1, 0.15) is 5.82 Å². The maximum atomic E-state index is 13.1. The van der Waals surface area contributed by atoms with Crippen LogP contribution in [0.4, 0.5) is 9.18 Å². The van der Waals surface area contributed by atoms with Crippen LogP contribution in [0.5, 0.6) is 11.5 Å². The van der Waals surface area contributed by atoms with Crippen LogP contribution >= 0.6 is 43.6 Å². The number of amides is 2. The van der Waals surface area contributed by atoms with E-state index in [-0.39, 0.29) is 22.9 Å². The van der Waals surface area contributed by atoms with Crippen molar-refractivity contribution >= 4 is 60.8 Å². The molecule has 1 heterocycles. The highest BCUT2D eigenvalue weighted by Gasteiger charge is 2.35. The lowest BCUT2D eigenvalue weighted by Crippen LogP contribution is -2.27. The van der Waals surface area contributed by atoms with Crippen molar-refractivity contribution < 1.29 is 23.8 Å². The van der Waals surface area contributed by atoms with Gasteiger partial charge in [0.15, 0.2) is 11.5 Å². The van der Waals surface area contributed by atoms with Gasteiger partial charge in [-0.2, -0.15) is 0 Å². The van der Waals surface area contributed by atoms with Crippen LogP contribution in [0.1, 0.15) is 18.1 Å². The zero-order chi connectivity index (χ0) is 20.4. The molecule has 0 atom stereocenters. The molecular formula is C19H14Br2FNO4S. The van der Waals surface area contributed by atoms with E-state index in [4.69, 9.17) is 4.74 Å². The fraction of sp³-hybridized carbons (Fsp3) is 0.158. The first-order valence-corrected chi connectivity index (χ1v) is 10.6. The molecule has 1 aliphatic rings. The second-order valence-corrected chi connectivity index (χ2v) is 8.40. The first-order chi connectivity index (χ1) is 13.3. The average Bonchev–Trinajstić information content (AvgIpc) is 2.92. The maximum Gasteiger partial charge on any atom is 0.293 e. The molecule has 0 bridgehead atoms. The van der Waals surface area contributed by atoms with Crippen LogP contribution in [0.3, 0.4) is 0 Å². The number of nitrogens with zero attached hydrogens (tertiary/aromatic N) is 1. The summed E-state index contributed by atoms with van der Waals surface area (Å²) >= 11 is 7.52. The predicted molar refractivity (Wildman–Crippen MR) is 113 cm³/mol. The van der Waals surface area contributed by atoms with Crippen molar-refractivity contribution in [3.63, 3.8) is 0 Å². The van der Waals surface area contributed by atoms with Crippen LogP contribution in [0.25, 0.3) is 6.08 Å². The van der Waals surface area contributed by atoms with Gasteiger partial charge in [0.05, 0.1) is 18.1 Å². The lowest BCUT2D eigenvalue weighted by atomic mass is 10.1.